The Morgan fingerprint density at radius 3 is 2.70 bits per heavy atom. The maximum Gasteiger partial charge on any atom is 0.224 e. The summed E-state index contributed by atoms with van der Waals surface area (Å²) in [5.41, 5.74) is 4.79. The third kappa shape index (κ3) is 4.92. The second-order valence-electron chi connectivity index (χ2n) is 5.93. The van der Waals surface area contributed by atoms with Gasteiger partial charge < -0.3 is 15.8 Å². The van der Waals surface area contributed by atoms with Gasteiger partial charge >= 0.3 is 0 Å². The highest BCUT2D eigenvalue weighted by Gasteiger charge is 2.35. The van der Waals surface area contributed by atoms with E-state index in [2.05, 4.69) is 5.32 Å². The summed E-state index contributed by atoms with van der Waals surface area (Å²) in [4.78, 5) is 34.4. The number of hydrogen-bond acceptors (Lipinski definition) is 4. The molecule has 1 rings (SSSR count). The summed E-state index contributed by atoms with van der Waals surface area (Å²) in [7, 11) is 0. The summed E-state index contributed by atoms with van der Waals surface area (Å²) in [6, 6.07) is -0.567. The number of primary amides is 1. The Morgan fingerprint density at radius 1 is 1.50 bits per heavy atom. The molecular weight excluding hydrogens is 260 g/mol. The molecule has 0 aliphatic carbocycles. The van der Waals surface area contributed by atoms with Crippen molar-refractivity contribution in [3.05, 3.63) is 6.42 Å². The van der Waals surface area contributed by atoms with Gasteiger partial charge in [0.1, 0.15) is 12.6 Å². The predicted molar refractivity (Wildman–Crippen MR) is 73.5 cm³/mol. The fraction of sp³-hybridized carbons (Fsp3) is 0.714. The van der Waals surface area contributed by atoms with Gasteiger partial charge in [0.25, 0.3) is 0 Å². The van der Waals surface area contributed by atoms with E-state index in [1.807, 2.05) is 20.8 Å². The number of Topliss-reactive ketones (excluding diaryl/α,β-unsaturated/α-hetero) is 1. The molecule has 2 atom stereocenters. The minimum Gasteiger partial charge on any atom is -0.370 e. The zero-order valence-corrected chi connectivity index (χ0v) is 12.3. The van der Waals surface area contributed by atoms with Gasteiger partial charge in [-0.25, -0.2) is 0 Å². The minimum atomic E-state index is -0.567. The first-order valence-corrected chi connectivity index (χ1v) is 6.81. The number of nitrogens with one attached hydrogen (secondary N) is 1. The number of carbonyl (C=O) groups is 3. The highest BCUT2D eigenvalue weighted by molar-refractivity contribution is 5.94. The van der Waals surface area contributed by atoms with Crippen LogP contribution < -0.4 is 11.1 Å². The van der Waals surface area contributed by atoms with Gasteiger partial charge in [0, 0.05) is 6.42 Å². The van der Waals surface area contributed by atoms with Crippen molar-refractivity contribution in [1.82, 2.24) is 5.32 Å². The molecule has 0 spiro atoms. The van der Waals surface area contributed by atoms with Gasteiger partial charge in [0.2, 0.25) is 11.8 Å². The molecule has 113 valence electrons. The third-order valence-corrected chi connectivity index (χ3v) is 3.35. The number of ether oxygens (including phenoxy) is 1. The Morgan fingerprint density at radius 2 is 2.15 bits per heavy atom. The normalized spacial score (nSPS) is 22.9. The average molecular weight is 283 g/mol. The van der Waals surface area contributed by atoms with Gasteiger partial charge in [-0.2, -0.15) is 0 Å². The Hall–Kier alpha value is -1.43. The molecule has 1 fully saturated rings. The molecule has 6 heteroatoms. The molecule has 2 amide bonds. The van der Waals surface area contributed by atoms with Crippen molar-refractivity contribution in [2.75, 3.05) is 6.61 Å². The molecule has 6 nitrogen and oxygen atoms in total. The van der Waals surface area contributed by atoms with Crippen LogP contribution in [0.25, 0.3) is 0 Å². The van der Waals surface area contributed by atoms with Crippen molar-refractivity contribution < 1.29 is 19.1 Å². The molecule has 0 aromatic heterocycles. The SMILES string of the molecule is CCC1OCC(=O)C1NC(=O)[CH]CC(C)(C)CC(N)=O. The number of hydrogen-bond donors (Lipinski definition) is 2. The second kappa shape index (κ2) is 6.83. The average Bonchev–Trinajstić information content (AvgIpc) is 2.67. The molecule has 1 saturated heterocycles. The molecule has 1 radical (unpaired) electrons. The van der Waals surface area contributed by atoms with Gasteiger partial charge in [-0.3, -0.25) is 14.4 Å². The first-order valence-electron chi connectivity index (χ1n) is 6.81. The van der Waals surface area contributed by atoms with Crippen LogP contribution in [0, 0.1) is 11.8 Å². The Balaban J connectivity index is 2.44. The Labute approximate surface area is 119 Å². The van der Waals surface area contributed by atoms with Crippen LogP contribution in [-0.2, 0) is 19.1 Å². The van der Waals surface area contributed by atoms with Gasteiger partial charge in [-0.1, -0.05) is 20.8 Å². The number of ketones is 1. The maximum absolute atomic E-state index is 11.8. The van der Waals surface area contributed by atoms with Crippen LogP contribution in [0.2, 0.25) is 0 Å². The van der Waals surface area contributed by atoms with Crippen molar-refractivity contribution >= 4 is 17.6 Å². The van der Waals surface area contributed by atoms with Gasteiger partial charge in [-0.15, -0.1) is 0 Å². The van der Waals surface area contributed by atoms with Crippen molar-refractivity contribution in [2.24, 2.45) is 11.1 Å². The number of rotatable bonds is 7. The quantitative estimate of drug-likeness (QED) is 0.704. The lowest BCUT2D eigenvalue weighted by molar-refractivity contribution is -0.124. The van der Waals surface area contributed by atoms with E-state index in [1.165, 1.54) is 6.42 Å². The van der Waals surface area contributed by atoms with Gasteiger partial charge in [0.15, 0.2) is 5.78 Å². The highest BCUT2D eigenvalue weighted by atomic mass is 16.5. The van der Waals surface area contributed by atoms with E-state index in [1.54, 1.807) is 0 Å². The molecule has 0 aromatic carbocycles. The Bertz CT molecular complexity index is 393. The molecular formula is C14H23N2O4. The van der Waals surface area contributed by atoms with Crippen molar-refractivity contribution in [3.63, 3.8) is 0 Å². The predicted octanol–water partition coefficient (Wildman–Crippen LogP) is 0.345. The van der Waals surface area contributed by atoms with E-state index in [0.717, 1.165) is 0 Å². The van der Waals surface area contributed by atoms with Gasteiger partial charge in [0.05, 0.1) is 12.5 Å². The molecule has 0 bridgehead atoms. The van der Waals surface area contributed by atoms with E-state index >= 15 is 0 Å². The monoisotopic (exact) mass is 283 g/mol. The molecule has 2 unspecified atom stereocenters. The molecule has 0 aromatic rings. The summed E-state index contributed by atoms with van der Waals surface area (Å²) in [6.07, 6.45) is 2.50. The molecule has 1 aliphatic rings. The van der Waals surface area contributed by atoms with E-state index < -0.39 is 11.9 Å². The topological polar surface area (TPSA) is 98.5 Å². The lowest BCUT2D eigenvalue weighted by Crippen LogP contribution is -2.45. The van der Waals surface area contributed by atoms with Gasteiger partial charge in [-0.05, 0) is 18.3 Å². The molecule has 0 saturated carbocycles. The molecule has 1 aliphatic heterocycles. The lowest BCUT2D eigenvalue weighted by Gasteiger charge is -2.23. The van der Waals surface area contributed by atoms with Crippen LogP contribution in [0.5, 0.6) is 0 Å². The van der Waals surface area contributed by atoms with Crippen molar-refractivity contribution in [2.45, 2.75) is 52.2 Å². The lowest BCUT2D eigenvalue weighted by atomic mass is 9.84. The first-order chi connectivity index (χ1) is 9.25. The third-order valence-electron chi connectivity index (χ3n) is 3.35. The fourth-order valence-electron chi connectivity index (χ4n) is 2.23. The van der Waals surface area contributed by atoms with Crippen LogP contribution in [-0.4, -0.2) is 36.4 Å². The summed E-state index contributed by atoms with van der Waals surface area (Å²) in [5.74, 6) is -0.811. The number of nitrogens with two attached hydrogens (primary N) is 1. The zero-order chi connectivity index (χ0) is 15.3. The summed E-state index contributed by atoms with van der Waals surface area (Å²) >= 11 is 0. The van der Waals surface area contributed by atoms with Crippen LogP contribution in [0.1, 0.15) is 40.0 Å². The summed E-state index contributed by atoms with van der Waals surface area (Å²) in [5, 5.41) is 2.67. The smallest absolute Gasteiger partial charge is 0.224 e. The number of amides is 2. The summed E-state index contributed by atoms with van der Waals surface area (Å²) in [6.45, 7) is 5.68. The largest absolute Gasteiger partial charge is 0.370 e. The standard InChI is InChI=1S/C14H23N2O4/c1-4-10-13(9(17)8-20-10)16-12(19)5-6-14(2,3)7-11(15)18/h5,10,13H,4,6-8H2,1-3H3,(H2,15,18)(H,16,19). The minimum absolute atomic E-state index is 0.0522. The van der Waals surface area contributed by atoms with Crippen LogP contribution in [0.15, 0.2) is 0 Å². The zero-order valence-electron chi connectivity index (χ0n) is 12.3. The highest BCUT2D eigenvalue weighted by Crippen LogP contribution is 2.26. The molecule has 3 N–H and O–H groups in total. The van der Waals surface area contributed by atoms with E-state index in [-0.39, 0.29) is 36.2 Å². The van der Waals surface area contributed by atoms with Crippen LogP contribution in [0.4, 0.5) is 0 Å². The molecule has 20 heavy (non-hydrogen) atoms. The van der Waals surface area contributed by atoms with Crippen molar-refractivity contribution in [1.29, 1.82) is 0 Å². The van der Waals surface area contributed by atoms with Crippen LogP contribution in [0.3, 0.4) is 0 Å². The molecule has 1 heterocycles. The van der Waals surface area contributed by atoms with E-state index in [0.29, 0.717) is 12.8 Å². The summed E-state index contributed by atoms with van der Waals surface area (Å²) < 4.78 is 5.29. The Kier molecular flexibility index (Phi) is 5.68. The van der Waals surface area contributed by atoms with Crippen molar-refractivity contribution in [3.8, 4) is 0 Å². The fourth-order valence-corrected chi connectivity index (χ4v) is 2.23. The van der Waals surface area contributed by atoms with E-state index in [4.69, 9.17) is 10.5 Å². The second-order valence-corrected chi connectivity index (χ2v) is 5.93. The van der Waals surface area contributed by atoms with E-state index in [9.17, 15) is 14.4 Å². The number of carbonyl (C=O) groups excluding carboxylic acids is 3. The van der Waals surface area contributed by atoms with Crippen LogP contribution >= 0.6 is 0 Å². The maximum atomic E-state index is 11.8. The first kappa shape index (κ1) is 16.6.